The molecule has 1 saturated heterocycles. The van der Waals surface area contributed by atoms with Crippen LogP contribution in [0.25, 0.3) is 0 Å². The van der Waals surface area contributed by atoms with E-state index in [1.807, 2.05) is 17.0 Å². The molecule has 0 radical (unpaired) electrons. The van der Waals surface area contributed by atoms with Gasteiger partial charge in [-0.3, -0.25) is 9.52 Å². The van der Waals surface area contributed by atoms with E-state index in [0.717, 1.165) is 30.2 Å². The Morgan fingerprint density at radius 2 is 1.75 bits per heavy atom. The topological polar surface area (TPSA) is 105 Å². The molecule has 0 unspecified atom stereocenters. The average Bonchev–Trinajstić information content (AvgIpc) is 2.78. The van der Waals surface area contributed by atoms with Gasteiger partial charge in [0, 0.05) is 25.2 Å². The van der Waals surface area contributed by atoms with E-state index in [0.29, 0.717) is 36.8 Å². The molecule has 8 nitrogen and oxygen atoms in total. The van der Waals surface area contributed by atoms with Crippen LogP contribution in [-0.4, -0.2) is 51.8 Å². The van der Waals surface area contributed by atoms with Gasteiger partial charge in [0.25, 0.3) is 5.91 Å². The fraction of sp³-hybridized carbons (Fsp3) is 0.391. The molecule has 2 aromatic carbocycles. The summed E-state index contributed by atoms with van der Waals surface area (Å²) in [5.41, 5.74) is 3.87. The fourth-order valence-corrected chi connectivity index (χ4v) is 4.44. The molecule has 0 bridgehead atoms. The molecule has 0 aromatic heterocycles. The summed E-state index contributed by atoms with van der Waals surface area (Å²) in [6, 6.07) is 13.2. The van der Waals surface area contributed by atoms with Gasteiger partial charge in [-0.1, -0.05) is 30.3 Å². The average molecular weight is 460 g/mol. The molecule has 0 aliphatic carbocycles. The molecular weight excluding hydrogens is 430 g/mol. The zero-order valence-corrected chi connectivity index (χ0v) is 19.4. The smallest absolute Gasteiger partial charge is 0.407 e. The van der Waals surface area contributed by atoms with Crippen molar-refractivity contribution < 1.29 is 22.7 Å². The van der Waals surface area contributed by atoms with E-state index in [1.165, 1.54) is 12.7 Å². The minimum absolute atomic E-state index is 0.0933. The standard InChI is InChI=1S/C23H29N3O5S/c1-16-4-7-20(14-21(16)25-32(3,29)30)22(27)26-12-10-19(11-13-26)18-8-5-17(6-9-18)15-24-23(28)31-2/h4-9,14,19,25H,10-13,15H2,1-3H3,(H,24,28). The fourth-order valence-electron chi connectivity index (χ4n) is 3.82. The lowest BCUT2D eigenvalue weighted by Gasteiger charge is -2.32. The number of nitrogens with one attached hydrogen (secondary N) is 2. The normalized spacial score (nSPS) is 14.7. The van der Waals surface area contributed by atoms with Crippen LogP contribution >= 0.6 is 0 Å². The van der Waals surface area contributed by atoms with Crippen LogP contribution in [0.5, 0.6) is 0 Å². The van der Waals surface area contributed by atoms with E-state index in [4.69, 9.17) is 0 Å². The van der Waals surface area contributed by atoms with Crippen molar-refractivity contribution in [2.24, 2.45) is 0 Å². The molecule has 1 aliphatic rings. The number of anilines is 1. The second kappa shape index (κ2) is 10.0. The van der Waals surface area contributed by atoms with Gasteiger partial charge in [-0.15, -0.1) is 0 Å². The quantitative estimate of drug-likeness (QED) is 0.690. The molecule has 0 atom stereocenters. The van der Waals surface area contributed by atoms with E-state index in [-0.39, 0.29) is 5.91 Å². The molecule has 32 heavy (non-hydrogen) atoms. The number of amides is 2. The van der Waals surface area contributed by atoms with Crippen molar-refractivity contribution in [2.75, 3.05) is 31.2 Å². The summed E-state index contributed by atoms with van der Waals surface area (Å²) in [6.07, 6.45) is 2.34. The van der Waals surface area contributed by atoms with Gasteiger partial charge in [0.1, 0.15) is 0 Å². The first kappa shape index (κ1) is 23.6. The van der Waals surface area contributed by atoms with Crippen LogP contribution in [0.15, 0.2) is 42.5 Å². The van der Waals surface area contributed by atoms with Gasteiger partial charge in [-0.2, -0.15) is 0 Å². The van der Waals surface area contributed by atoms with Crippen molar-refractivity contribution in [2.45, 2.75) is 32.2 Å². The van der Waals surface area contributed by atoms with Crippen LogP contribution in [-0.2, 0) is 21.3 Å². The highest BCUT2D eigenvalue weighted by Gasteiger charge is 2.25. The summed E-state index contributed by atoms with van der Waals surface area (Å²) in [5.74, 6) is 0.270. The summed E-state index contributed by atoms with van der Waals surface area (Å²) in [4.78, 5) is 26.0. The molecule has 1 heterocycles. The summed E-state index contributed by atoms with van der Waals surface area (Å²) in [7, 11) is -2.09. The first-order chi connectivity index (χ1) is 15.2. The Hall–Kier alpha value is -3.07. The maximum absolute atomic E-state index is 13.0. The Morgan fingerprint density at radius 1 is 1.09 bits per heavy atom. The number of carbonyl (C=O) groups is 2. The zero-order chi connectivity index (χ0) is 23.3. The number of carbonyl (C=O) groups excluding carboxylic acids is 2. The van der Waals surface area contributed by atoms with Gasteiger partial charge < -0.3 is 15.0 Å². The maximum atomic E-state index is 13.0. The number of alkyl carbamates (subject to hydrolysis) is 1. The number of rotatable bonds is 6. The highest BCUT2D eigenvalue weighted by Crippen LogP contribution is 2.29. The van der Waals surface area contributed by atoms with Crippen molar-refractivity contribution >= 4 is 27.7 Å². The summed E-state index contributed by atoms with van der Waals surface area (Å²) in [6.45, 7) is 3.48. The minimum Gasteiger partial charge on any atom is -0.453 e. The Kier molecular flexibility index (Phi) is 7.40. The van der Waals surface area contributed by atoms with Crippen LogP contribution in [0, 0.1) is 6.92 Å². The van der Waals surface area contributed by atoms with Crippen LogP contribution in [0.1, 0.15) is 45.8 Å². The molecule has 2 amide bonds. The number of nitrogens with zero attached hydrogens (tertiary/aromatic N) is 1. The van der Waals surface area contributed by atoms with E-state index in [1.54, 1.807) is 25.1 Å². The number of sulfonamides is 1. The predicted molar refractivity (Wildman–Crippen MR) is 123 cm³/mol. The zero-order valence-electron chi connectivity index (χ0n) is 18.6. The Labute approximate surface area is 189 Å². The lowest BCUT2D eigenvalue weighted by atomic mass is 9.88. The van der Waals surface area contributed by atoms with Crippen molar-refractivity contribution in [1.29, 1.82) is 0 Å². The molecule has 3 rings (SSSR count). The monoisotopic (exact) mass is 459 g/mol. The number of piperidine rings is 1. The molecule has 172 valence electrons. The highest BCUT2D eigenvalue weighted by atomic mass is 32.2. The largest absolute Gasteiger partial charge is 0.453 e. The van der Waals surface area contributed by atoms with Crippen molar-refractivity contribution in [3.05, 3.63) is 64.7 Å². The van der Waals surface area contributed by atoms with E-state index in [2.05, 4.69) is 26.9 Å². The number of ether oxygens (including phenoxy) is 1. The third-order valence-corrected chi connectivity index (χ3v) is 6.23. The summed E-state index contributed by atoms with van der Waals surface area (Å²) in [5, 5.41) is 2.66. The van der Waals surface area contributed by atoms with Gasteiger partial charge in [0.2, 0.25) is 10.0 Å². The number of methoxy groups -OCH3 is 1. The van der Waals surface area contributed by atoms with Gasteiger partial charge in [0.05, 0.1) is 19.1 Å². The molecule has 2 N–H and O–H groups in total. The highest BCUT2D eigenvalue weighted by molar-refractivity contribution is 7.92. The maximum Gasteiger partial charge on any atom is 0.407 e. The van der Waals surface area contributed by atoms with Gasteiger partial charge >= 0.3 is 6.09 Å². The molecule has 1 aliphatic heterocycles. The second-order valence-electron chi connectivity index (χ2n) is 8.06. The third kappa shape index (κ3) is 6.23. The lowest BCUT2D eigenvalue weighted by Crippen LogP contribution is -2.38. The SMILES string of the molecule is COC(=O)NCc1ccc(C2CCN(C(=O)c3ccc(C)c(NS(C)(=O)=O)c3)CC2)cc1. The van der Waals surface area contributed by atoms with E-state index >= 15 is 0 Å². The first-order valence-corrected chi connectivity index (χ1v) is 12.3. The molecular formula is C23H29N3O5S. The molecule has 2 aromatic rings. The van der Waals surface area contributed by atoms with E-state index < -0.39 is 16.1 Å². The lowest BCUT2D eigenvalue weighted by molar-refractivity contribution is 0.0713. The Morgan fingerprint density at radius 3 is 2.34 bits per heavy atom. The number of hydrogen-bond donors (Lipinski definition) is 2. The Balaban J connectivity index is 1.59. The van der Waals surface area contributed by atoms with Crippen LogP contribution < -0.4 is 10.0 Å². The first-order valence-electron chi connectivity index (χ1n) is 10.4. The number of likely N-dealkylation sites (tertiary alicyclic amines) is 1. The molecule has 0 spiro atoms. The van der Waals surface area contributed by atoms with Crippen molar-refractivity contribution in [3.8, 4) is 0 Å². The molecule has 1 fully saturated rings. The molecule has 9 heteroatoms. The van der Waals surface area contributed by atoms with Crippen molar-refractivity contribution in [3.63, 3.8) is 0 Å². The van der Waals surface area contributed by atoms with Crippen LogP contribution in [0.4, 0.5) is 10.5 Å². The van der Waals surface area contributed by atoms with Gasteiger partial charge in [0.15, 0.2) is 0 Å². The van der Waals surface area contributed by atoms with Gasteiger partial charge in [-0.05, 0) is 54.5 Å². The minimum atomic E-state index is -3.42. The van der Waals surface area contributed by atoms with Crippen molar-refractivity contribution in [1.82, 2.24) is 10.2 Å². The van der Waals surface area contributed by atoms with Crippen LogP contribution in [0.3, 0.4) is 0 Å². The van der Waals surface area contributed by atoms with Gasteiger partial charge in [-0.25, -0.2) is 13.2 Å². The number of aryl methyl sites for hydroxylation is 1. The predicted octanol–water partition coefficient (Wildman–Crippen LogP) is 3.24. The number of benzene rings is 2. The summed E-state index contributed by atoms with van der Waals surface area (Å²) < 4.78 is 30.2. The second-order valence-corrected chi connectivity index (χ2v) is 9.81. The third-order valence-electron chi connectivity index (χ3n) is 5.64. The van der Waals surface area contributed by atoms with Crippen LogP contribution in [0.2, 0.25) is 0 Å². The number of hydrogen-bond acceptors (Lipinski definition) is 5. The molecule has 0 saturated carbocycles. The van der Waals surface area contributed by atoms with E-state index in [9.17, 15) is 18.0 Å². The summed E-state index contributed by atoms with van der Waals surface area (Å²) >= 11 is 0. The Bertz CT molecular complexity index is 1080.